The van der Waals surface area contributed by atoms with Gasteiger partial charge in [0.25, 0.3) is 5.91 Å². The second kappa shape index (κ2) is 4.97. The number of ether oxygens (including phenoxy) is 2. The molecule has 2 aliphatic rings. The summed E-state index contributed by atoms with van der Waals surface area (Å²) in [5.74, 6) is 0.987. The third kappa shape index (κ3) is 2.58. The highest BCUT2D eigenvalue weighted by atomic mass is 16.5. The molecular weight excluding hydrogens is 246 g/mol. The molecule has 0 aromatic heterocycles. The minimum absolute atomic E-state index is 0.0403. The van der Waals surface area contributed by atoms with E-state index in [1.54, 1.807) is 6.07 Å². The van der Waals surface area contributed by atoms with Gasteiger partial charge in [0, 0.05) is 25.1 Å². The molecule has 1 atom stereocenters. The number of carbonyl (C=O) groups is 1. The minimum Gasteiger partial charge on any atom is -0.482 e. The summed E-state index contributed by atoms with van der Waals surface area (Å²) in [6.45, 7) is 2.48. The molecule has 0 radical (unpaired) electrons. The Morgan fingerprint density at radius 1 is 1.47 bits per heavy atom. The van der Waals surface area contributed by atoms with E-state index in [-0.39, 0.29) is 12.5 Å². The van der Waals surface area contributed by atoms with Crippen LogP contribution in [-0.4, -0.2) is 32.3 Å². The summed E-state index contributed by atoms with van der Waals surface area (Å²) in [6, 6.07) is 3.56. The monoisotopic (exact) mass is 263 g/mol. The Morgan fingerprint density at radius 2 is 2.37 bits per heavy atom. The van der Waals surface area contributed by atoms with Crippen LogP contribution in [-0.2, 0) is 9.53 Å². The molecule has 19 heavy (non-hydrogen) atoms. The summed E-state index contributed by atoms with van der Waals surface area (Å²) in [4.78, 5) is 11.3. The Balaban J connectivity index is 1.73. The van der Waals surface area contributed by atoms with Crippen molar-refractivity contribution in [3.8, 4) is 5.75 Å². The van der Waals surface area contributed by atoms with Gasteiger partial charge in [-0.2, -0.15) is 0 Å². The van der Waals surface area contributed by atoms with Gasteiger partial charge >= 0.3 is 0 Å². The van der Waals surface area contributed by atoms with Crippen LogP contribution in [0, 0.1) is 5.92 Å². The third-order valence-corrected chi connectivity index (χ3v) is 3.39. The first-order valence-corrected chi connectivity index (χ1v) is 6.40. The molecule has 1 amide bonds. The Bertz CT molecular complexity index is 498. The van der Waals surface area contributed by atoms with Crippen LogP contribution in [0.25, 0.3) is 0 Å². The van der Waals surface area contributed by atoms with Crippen molar-refractivity contribution in [1.29, 1.82) is 0 Å². The highest BCUT2D eigenvalue weighted by molar-refractivity contribution is 5.97. The second-order valence-corrected chi connectivity index (χ2v) is 4.88. The van der Waals surface area contributed by atoms with E-state index >= 15 is 0 Å². The maximum absolute atomic E-state index is 11.3. The van der Waals surface area contributed by atoms with Gasteiger partial charge < -0.3 is 25.8 Å². The number of fused-ring (bicyclic) bond motifs is 1. The highest BCUT2D eigenvalue weighted by Gasteiger charge is 2.19. The largest absolute Gasteiger partial charge is 0.482 e. The molecule has 1 aromatic rings. The van der Waals surface area contributed by atoms with E-state index in [1.165, 1.54) is 0 Å². The van der Waals surface area contributed by atoms with Gasteiger partial charge in [0.05, 0.1) is 23.7 Å². The first-order chi connectivity index (χ1) is 9.22. The molecule has 0 bridgehead atoms. The van der Waals surface area contributed by atoms with Gasteiger partial charge in [-0.3, -0.25) is 4.79 Å². The van der Waals surface area contributed by atoms with E-state index in [2.05, 4.69) is 10.6 Å². The van der Waals surface area contributed by atoms with Crippen LogP contribution in [0.5, 0.6) is 5.75 Å². The molecule has 6 heteroatoms. The van der Waals surface area contributed by atoms with Crippen molar-refractivity contribution in [2.75, 3.05) is 42.7 Å². The van der Waals surface area contributed by atoms with E-state index in [0.29, 0.717) is 23.0 Å². The predicted molar refractivity (Wildman–Crippen MR) is 72.4 cm³/mol. The molecule has 1 fully saturated rings. The summed E-state index contributed by atoms with van der Waals surface area (Å²) in [5.41, 5.74) is 8.08. The third-order valence-electron chi connectivity index (χ3n) is 3.39. The SMILES string of the molecule is Nc1cc2c(cc1NCC1CCOC1)NC(=O)CO2. The molecule has 0 spiro atoms. The molecule has 3 rings (SSSR count). The number of hydrogen-bond donors (Lipinski definition) is 3. The molecular formula is C13H17N3O3. The number of amides is 1. The van der Waals surface area contributed by atoms with Gasteiger partial charge in [0.15, 0.2) is 6.61 Å². The summed E-state index contributed by atoms with van der Waals surface area (Å²) in [6.07, 6.45) is 1.07. The Kier molecular flexibility index (Phi) is 3.16. The Labute approximate surface area is 111 Å². The zero-order valence-electron chi connectivity index (χ0n) is 10.6. The molecule has 1 unspecified atom stereocenters. The van der Waals surface area contributed by atoms with Crippen molar-refractivity contribution < 1.29 is 14.3 Å². The molecule has 1 aromatic carbocycles. The lowest BCUT2D eigenvalue weighted by molar-refractivity contribution is -0.118. The lowest BCUT2D eigenvalue weighted by atomic mass is 10.1. The van der Waals surface area contributed by atoms with Gasteiger partial charge in [0.1, 0.15) is 5.75 Å². The normalized spacial score (nSPS) is 21.5. The zero-order chi connectivity index (χ0) is 13.2. The van der Waals surface area contributed by atoms with Crippen LogP contribution in [0.4, 0.5) is 17.1 Å². The summed E-state index contributed by atoms with van der Waals surface area (Å²) in [7, 11) is 0. The zero-order valence-corrected chi connectivity index (χ0v) is 10.6. The molecule has 0 aliphatic carbocycles. The van der Waals surface area contributed by atoms with Crippen LogP contribution >= 0.6 is 0 Å². The van der Waals surface area contributed by atoms with Gasteiger partial charge in [0.2, 0.25) is 0 Å². The van der Waals surface area contributed by atoms with Crippen LogP contribution in [0.3, 0.4) is 0 Å². The Hall–Kier alpha value is -1.95. The summed E-state index contributed by atoms with van der Waals surface area (Å²) in [5, 5.41) is 6.08. The average Bonchev–Trinajstić information content (AvgIpc) is 2.90. The molecule has 102 valence electrons. The van der Waals surface area contributed by atoms with Crippen LogP contribution in [0.15, 0.2) is 12.1 Å². The van der Waals surface area contributed by atoms with Crippen molar-refractivity contribution in [2.24, 2.45) is 5.92 Å². The van der Waals surface area contributed by atoms with Gasteiger partial charge in [-0.1, -0.05) is 0 Å². The quantitative estimate of drug-likeness (QED) is 0.710. The lowest BCUT2D eigenvalue weighted by Crippen LogP contribution is -2.25. The van der Waals surface area contributed by atoms with E-state index in [0.717, 1.165) is 31.9 Å². The first kappa shape index (κ1) is 12.1. The lowest BCUT2D eigenvalue weighted by Gasteiger charge is -2.21. The summed E-state index contributed by atoms with van der Waals surface area (Å²) >= 11 is 0. The van der Waals surface area contributed by atoms with Crippen LogP contribution in [0.2, 0.25) is 0 Å². The number of rotatable bonds is 3. The van der Waals surface area contributed by atoms with Crippen molar-refractivity contribution in [2.45, 2.75) is 6.42 Å². The molecule has 4 N–H and O–H groups in total. The number of carbonyl (C=O) groups excluding carboxylic acids is 1. The number of hydrogen-bond acceptors (Lipinski definition) is 5. The number of nitrogens with one attached hydrogen (secondary N) is 2. The van der Waals surface area contributed by atoms with Crippen LogP contribution < -0.4 is 21.1 Å². The van der Waals surface area contributed by atoms with Gasteiger partial charge in [-0.15, -0.1) is 0 Å². The fourth-order valence-electron chi connectivity index (χ4n) is 2.29. The second-order valence-electron chi connectivity index (χ2n) is 4.88. The standard InChI is InChI=1S/C13H17N3O3/c14-9-3-12-11(16-13(17)7-19-12)4-10(9)15-5-8-1-2-18-6-8/h3-4,8,15H,1-2,5-7,14H2,(H,16,17). The van der Waals surface area contributed by atoms with E-state index in [1.807, 2.05) is 6.07 Å². The molecule has 2 aliphatic heterocycles. The van der Waals surface area contributed by atoms with E-state index in [9.17, 15) is 4.79 Å². The molecule has 2 heterocycles. The number of nitrogen functional groups attached to an aromatic ring is 1. The Morgan fingerprint density at radius 3 is 3.16 bits per heavy atom. The van der Waals surface area contributed by atoms with E-state index in [4.69, 9.17) is 15.2 Å². The molecule has 0 saturated carbocycles. The van der Waals surface area contributed by atoms with Crippen molar-refractivity contribution in [3.63, 3.8) is 0 Å². The number of benzene rings is 1. The smallest absolute Gasteiger partial charge is 0.262 e. The topological polar surface area (TPSA) is 85.6 Å². The minimum atomic E-state index is -0.146. The van der Waals surface area contributed by atoms with Crippen molar-refractivity contribution in [1.82, 2.24) is 0 Å². The van der Waals surface area contributed by atoms with Crippen LogP contribution in [0.1, 0.15) is 6.42 Å². The van der Waals surface area contributed by atoms with Gasteiger partial charge in [-0.25, -0.2) is 0 Å². The maximum Gasteiger partial charge on any atom is 0.262 e. The fraction of sp³-hybridized carbons (Fsp3) is 0.462. The fourth-order valence-corrected chi connectivity index (χ4v) is 2.29. The highest BCUT2D eigenvalue weighted by Crippen LogP contribution is 2.35. The first-order valence-electron chi connectivity index (χ1n) is 6.40. The number of anilines is 3. The van der Waals surface area contributed by atoms with Gasteiger partial charge in [-0.05, 0) is 12.5 Å². The van der Waals surface area contributed by atoms with E-state index < -0.39 is 0 Å². The summed E-state index contributed by atoms with van der Waals surface area (Å²) < 4.78 is 10.6. The molecule has 1 saturated heterocycles. The van der Waals surface area contributed by atoms with Crippen molar-refractivity contribution >= 4 is 23.0 Å². The maximum atomic E-state index is 11.3. The number of nitrogens with two attached hydrogens (primary N) is 1. The molecule has 6 nitrogen and oxygen atoms in total. The predicted octanol–water partition coefficient (Wildman–Crippen LogP) is 1.05. The van der Waals surface area contributed by atoms with Crippen molar-refractivity contribution in [3.05, 3.63) is 12.1 Å². The average molecular weight is 263 g/mol.